The lowest BCUT2D eigenvalue weighted by molar-refractivity contribution is 0.0919. The first-order valence-electron chi connectivity index (χ1n) is 13.0. The Morgan fingerprint density at radius 1 is 1.05 bits per heavy atom. The third kappa shape index (κ3) is 4.57. The quantitative estimate of drug-likeness (QED) is 0.348. The summed E-state index contributed by atoms with van der Waals surface area (Å²) in [5, 5.41) is 3.57. The van der Waals surface area contributed by atoms with E-state index in [2.05, 4.69) is 10.3 Å². The summed E-state index contributed by atoms with van der Waals surface area (Å²) in [5.41, 5.74) is 4.43. The number of rotatable bonds is 5. The van der Waals surface area contributed by atoms with Gasteiger partial charge in [0.1, 0.15) is 0 Å². The van der Waals surface area contributed by atoms with Crippen molar-refractivity contribution in [2.24, 2.45) is 13.0 Å². The van der Waals surface area contributed by atoms with E-state index in [1.165, 1.54) is 10.8 Å². The summed E-state index contributed by atoms with van der Waals surface area (Å²) in [6.07, 6.45) is 4.99. The summed E-state index contributed by atoms with van der Waals surface area (Å²) in [7, 11) is 1.65. The number of hydrogen-bond acceptors (Lipinski definition) is 5. The van der Waals surface area contributed by atoms with Gasteiger partial charge in [0, 0.05) is 31.9 Å². The van der Waals surface area contributed by atoms with Crippen molar-refractivity contribution in [2.45, 2.75) is 45.2 Å². The van der Waals surface area contributed by atoms with Crippen molar-refractivity contribution in [2.75, 3.05) is 0 Å². The fourth-order valence-electron chi connectivity index (χ4n) is 5.64. The maximum atomic E-state index is 13.8. The molecule has 1 fully saturated rings. The maximum Gasteiger partial charge on any atom is 0.419 e. The number of amides is 1. The van der Waals surface area contributed by atoms with Crippen molar-refractivity contribution in [3.8, 4) is 5.69 Å². The van der Waals surface area contributed by atoms with Gasteiger partial charge in [0.2, 0.25) is 0 Å². The van der Waals surface area contributed by atoms with Gasteiger partial charge in [-0.05, 0) is 68.9 Å². The lowest BCUT2D eigenvalue weighted by Gasteiger charge is -2.29. The van der Waals surface area contributed by atoms with E-state index in [1.807, 2.05) is 34.9 Å². The van der Waals surface area contributed by atoms with Crippen molar-refractivity contribution < 1.29 is 9.21 Å². The first-order chi connectivity index (χ1) is 18.8. The smallest absolute Gasteiger partial charge is 0.408 e. The number of fused-ring (bicyclic) bond motifs is 2. The molecule has 3 aromatic heterocycles. The van der Waals surface area contributed by atoms with Gasteiger partial charge < -0.3 is 9.73 Å². The first-order valence-corrected chi connectivity index (χ1v) is 13.4. The topological polar surface area (TPSA) is 104 Å². The number of carbonyl (C=O) groups excluding carboxylic acids is 1. The largest absolute Gasteiger partial charge is 0.419 e. The molecule has 10 heteroatoms. The minimum atomic E-state index is -0.442. The molecule has 1 N–H and O–H groups in total. The minimum absolute atomic E-state index is 0.0671. The molecule has 39 heavy (non-hydrogen) atoms. The second-order valence-corrected chi connectivity index (χ2v) is 10.7. The van der Waals surface area contributed by atoms with Crippen LogP contribution in [0, 0.1) is 12.8 Å². The standard InChI is InChI=1S/C29H28ClN5O4/c1-17-22(13-19(30)15-31-17)27(36)32-20-9-7-18(8-10-20)16-34-23-5-3-4-6-24(23)35(28(34)37)21-11-12-25-26(14-21)39-29(38)33(25)2/h3-6,11-15,18,20H,7-10,16H2,1-2H3,(H,32,36). The van der Waals surface area contributed by atoms with Gasteiger partial charge in [-0.25, -0.2) is 9.59 Å². The van der Waals surface area contributed by atoms with E-state index < -0.39 is 5.76 Å². The predicted molar refractivity (Wildman–Crippen MR) is 150 cm³/mol. The van der Waals surface area contributed by atoms with E-state index in [0.717, 1.165) is 36.7 Å². The molecular formula is C29H28ClN5O4. The highest BCUT2D eigenvalue weighted by Crippen LogP contribution is 2.28. The SMILES string of the molecule is Cc1ncc(Cl)cc1C(=O)NC1CCC(Cn2c(=O)n(-c3ccc4c(c3)oc(=O)n4C)c3ccccc32)CC1. The van der Waals surface area contributed by atoms with Crippen molar-refractivity contribution in [3.63, 3.8) is 0 Å². The van der Waals surface area contributed by atoms with Crippen LogP contribution in [-0.2, 0) is 13.6 Å². The van der Waals surface area contributed by atoms with Gasteiger partial charge in [0.05, 0.1) is 38.5 Å². The number of oxazole rings is 1. The summed E-state index contributed by atoms with van der Waals surface area (Å²) in [6, 6.07) is 14.8. The number of aromatic nitrogens is 4. The number of carbonyl (C=O) groups is 1. The van der Waals surface area contributed by atoms with Crippen LogP contribution in [0.25, 0.3) is 27.8 Å². The number of hydrogen-bond donors (Lipinski definition) is 1. The third-order valence-corrected chi connectivity index (χ3v) is 8.00. The van der Waals surface area contributed by atoms with Crippen LogP contribution in [0.4, 0.5) is 0 Å². The van der Waals surface area contributed by atoms with Crippen molar-refractivity contribution in [3.05, 3.63) is 92.0 Å². The molecule has 9 nitrogen and oxygen atoms in total. The molecule has 2 aromatic carbocycles. The van der Waals surface area contributed by atoms with E-state index in [9.17, 15) is 14.4 Å². The molecule has 0 atom stereocenters. The average Bonchev–Trinajstić information content (AvgIpc) is 3.37. The molecule has 200 valence electrons. The molecule has 3 heterocycles. The Balaban J connectivity index is 1.22. The van der Waals surface area contributed by atoms with E-state index in [0.29, 0.717) is 45.5 Å². The van der Waals surface area contributed by atoms with E-state index in [4.69, 9.17) is 16.0 Å². The number of halogens is 1. The second-order valence-electron chi connectivity index (χ2n) is 10.3. The molecule has 0 aliphatic heterocycles. The average molecular weight is 546 g/mol. The van der Waals surface area contributed by atoms with Crippen LogP contribution in [0.2, 0.25) is 5.02 Å². The highest BCUT2D eigenvalue weighted by molar-refractivity contribution is 6.30. The van der Waals surface area contributed by atoms with E-state index in [1.54, 1.807) is 36.7 Å². The normalized spacial score (nSPS) is 17.6. The molecule has 1 aliphatic carbocycles. The number of benzene rings is 2. The molecule has 0 spiro atoms. The fourth-order valence-corrected chi connectivity index (χ4v) is 5.80. The van der Waals surface area contributed by atoms with Crippen molar-refractivity contribution in [1.29, 1.82) is 0 Å². The number of imidazole rings is 1. The van der Waals surface area contributed by atoms with Gasteiger partial charge >= 0.3 is 11.4 Å². The number of nitrogens with one attached hydrogen (secondary N) is 1. The molecular weight excluding hydrogens is 518 g/mol. The second kappa shape index (κ2) is 9.89. The Labute approximate surface area is 228 Å². The van der Waals surface area contributed by atoms with Gasteiger partial charge in [0.15, 0.2) is 5.58 Å². The Kier molecular flexibility index (Phi) is 6.38. The fraction of sp³-hybridized carbons (Fsp3) is 0.310. The zero-order chi connectivity index (χ0) is 27.3. The molecule has 5 aromatic rings. The summed E-state index contributed by atoms with van der Waals surface area (Å²) < 4.78 is 10.3. The van der Waals surface area contributed by atoms with Gasteiger partial charge in [-0.2, -0.15) is 0 Å². The van der Waals surface area contributed by atoms with Gasteiger partial charge in [0.25, 0.3) is 5.91 Å². The van der Waals surface area contributed by atoms with Gasteiger partial charge in [-0.15, -0.1) is 0 Å². The lowest BCUT2D eigenvalue weighted by Crippen LogP contribution is -2.39. The summed E-state index contributed by atoms with van der Waals surface area (Å²) in [5.74, 6) is -0.293. The Morgan fingerprint density at radius 2 is 1.79 bits per heavy atom. The highest BCUT2D eigenvalue weighted by Gasteiger charge is 2.26. The Morgan fingerprint density at radius 3 is 2.56 bits per heavy atom. The molecule has 0 saturated heterocycles. The van der Waals surface area contributed by atoms with Crippen LogP contribution in [0.5, 0.6) is 0 Å². The van der Waals surface area contributed by atoms with Crippen LogP contribution in [-0.4, -0.2) is 30.6 Å². The van der Waals surface area contributed by atoms with Crippen LogP contribution in [0.3, 0.4) is 0 Å². The maximum absolute atomic E-state index is 13.8. The monoisotopic (exact) mass is 545 g/mol. The molecule has 1 aliphatic rings. The summed E-state index contributed by atoms with van der Waals surface area (Å²) in [6.45, 7) is 2.39. The van der Waals surface area contributed by atoms with Gasteiger partial charge in [-0.3, -0.25) is 23.5 Å². The molecule has 0 bridgehead atoms. The number of nitrogens with zero attached hydrogens (tertiary/aromatic N) is 4. The number of aryl methyl sites for hydroxylation is 2. The van der Waals surface area contributed by atoms with Gasteiger partial charge in [-0.1, -0.05) is 23.7 Å². The third-order valence-electron chi connectivity index (χ3n) is 7.79. The Hall–Kier alpha value is -4.11. The van der Waals surface area contributed by atoms with E-state index in [-0.39, 0.29) is 17.6 Å². The Bertz CT molecular complexity index is 1840. The number of para-hydroxylation sites is 2. The number of pyridine rings is 1. The molecule has 1 saturated carbocycles. The summed E-state index contributed by atoms with van der Waals surface area (Å²) in [4.78, 5) is 42.7. The zero-order valence-electron chi connectivity index (χ0n) is 21.7. The van der Waals surface area contributed by atoms with Crippen LogP contribution in [0.1, 0.15) is 41.7 Å². The molecule has 6 rings (SSSR count). The van der Waals surface area contributed by atoms with E-state index >= 15 is 0 Å². The minimum Gasteiger partial charge on any atom is -0.408 e. The summed E-state index contributed by atoms with van der Waals surface area (Å²) >= 11 is 6.04. The lowest BCUT2D eigenvalue weighted by atomic mass is 9.85. The van der Waals surface area contributed by atoms with Crippen LogP contribution < -0.4 is 16.8 Å². The van der Waals surface area contributed by atoms with Crippen LogP contribution >= 0.6 is 11.6 Å². The van der Waals surface area contributed by atoms with Crippen LogP contribution in [0.15, 0.2) is 68.7 Å². The van der Waals surface area contributed by atoms with Crippen molar-refractivity contribution >= 4 is 39.6 Å². The molecule has 0 unspecified atom stereocenters. The zero-order valence-corrected chi connectivity index (χ0v) is 22.4. The first kappa shape index (κ1) is 25.2. The van der Waals surface area contributed by atoms with Crippen molar-refractivity contribution in [1.82, 2.24) is 24.0 Å². The predicted octanol–water partition coefficient (Wildman–Crippen LogP) is 4.58. The highest BCUT2D eigenvalue weighted by atomic mass is 35.5. The molecule has 0 radical (unpaired) electrons. The molecule has 1 amide bonds.